The molecule has 0 aliphatic rings. The number of aliphatic carboxylic acids is 1. The summed E-state index contributed by atoms with van der Waals surface area (Å²) in [5.41, 5.74) is 0.513. The average Bonchev–Trinajstić information content (AvgIpc) is 2.35. The SMILES string of the molecule is CCN(CC)C(C(=O)O)c1ccc([N+](=O)[O-])cc1. The smallest absolute Gasteiger partial charge is 0.325 e. The molecule has 0 heterocycles. The number of hydrogen-bond donors (Lipinski definition) is 1. The minimum atomic E-state index is -0.951. The third-order valence-corrected chi connectivity index (χ3v) is 2.83. The number of nitro benzene ring substituents is 1. The van der Waals surface area contributed by atoms with Crippen molar-refractivity contribution in [2.75, 3.05) is 13.1 Å². The largest absolute Gasteiger partial charge is 0.480 e. The molecule has 98 valence electrons. The van der Waals surface area contributed by atoms with Crippen molar-refractivity contribution in [2.24, 2.45) is 0 Å². The van der Waals surface area contributed by atoms with Gasteiger partial charge in [0.2, 0.25) is 0 Å². The van der Waals surface area contributed by atoms with Gasteiger partial charge >= 0.3 is 5.97 Å². The molecule has 18 heavy (non-hydrogen) atoms. The van der Waals surface area contributed by atoms with Gasteiger partial charge in [0.25, 0.3) is 5.69 Å². The van der Waals surface area contributed by atoms with Crippen molar-refractivity contribution in [3.05, 3.63) is 39.9 Å². The van der Waals surface area contributed by atoms with Crippen molar-refractivity contribution in [1.82, 2.24) is 4.90 Å². The van der Waals surface area contributed by atoms with Crippen LogP contribution in [0.25, 0.3) is 0 Å². The van der Waals surface area contributed by atoms with Gasteiger partial charge in [0.15, 0.2) is 0 Å². The summed E-state index contributed by atoms with van der Waals surface area (Å²) >= 11 is 0. The van der Waals surface area contributed by atoms with Crippen molar-refractivity contribution in [3.8, 4) is 0 Å². The molecule has 1 N–H and O–H groups in total. The second-order valence-electron chi connectivity index (χ2n) is 3.81. The number of non-ortho nitro benzene ring substituents is 1. The lowest BCUT2D eigenvalue weighted by molar-refractivity contribution is -0.384. The fourth-order valence-electron chi connectivity index (χ4n) is 1.88. The van der Waals surface area contributed by atoms with Crippen molar-refractivity contribution >= 4 is 11.7 Å². The van der Waals surface area contributed by atoms with Gasteiger partial charge in [-0.2, -0.15) is 0 Å². The molecule has 0 bridgehead atoms. The molecule has 0 saturated heterocycles. The number of nitrogens with zero attached hydrogens (tertiary/aromatic N) is 2. The van der Waals surface area contributed by atoms with Gasteiger partial charge in [0, 0.05) is 12.1 Å². The highest BCUT2D eigenvalue weighted by atomic mass is 16.6. The molecule has 1 atom stereocenters. The van der Waals surface area contributed by atoms with E-state index >= 15 is 0 Å². The van der Waals surface area contributed by atoms with Crippen LogP contribution in [0.5, 0.6) is 0 Å². The monoisotopic (exact) mass is 252 g/mol. The molecule has 1 aromatic carbocycles. The number of benzene rings is 1. The Morgan fingerprint density at radius 3 is 2.17 bits per heavy atom. The molecule has 6 heteroatoms. The zero-order valence-corrected chi connectivity index (χ0v) is 10.4. The van der Waals surface area contributed by atoms with Gasteiger partial charge < -0.3 is 5.11 Å². The number of likely N-dealkylation sites (N-methyl/N-ethyl adjacent to an activating group) is 1. The predicted octanol–water partition coefficient (Wildman–Crippen LogP) is 2.06. The van der Waals surface area contributed by atoms with Gasteiger partial charge in [-0.25, -0.2) is 0 Å². The van der Waals surface area contributed by atoms with Crippen LogP contribution < -0.4 is 0 Å². The van der Waals surface area contributed by atoms with Crippen LogP contribution in [0, 0.1) is 10.1 Å². The Hall–Kier alpha value is -1.95. The molecular weight excluding hydrogens is 236 g/mol. The topological polar surface area (TPSA) is 83.7 Å². The average molecular weight is 252 g/mol. The molecule has 0 aromatic heterocycles. The van der Waals surface area contributed by atoms with Crippen LogP contribution in [0.3, 0.4) is 0 Å². The summed E-state index contributed by atoms with van der Waals surface area (Å²) < 4.78 is 0. The second-order valence-corrected chi connectivity index (χ2v) is 3.81. The molecule has 0 aliphatic heterocycles. The zero-order chi connectivity index (χ0) is 13.7. The van der Waals surface area contributed by atoms with Gasteiger partial charge in [-0.15, -0.1) is 0 Å². The summed E-state index contributed by atoms with van der Waals surface area (Å²) in [6, 6.07) is 4.88. The Morgan fingerprint density at radius 2 is 1.83 bits per heavy atom. The van der Waals surface area contributed by atoms with E-state index in [-0.39, 0.29) is 5.69 Å². The minimum absolute atomic E-state index is 0.0394. The Kier molecular flexibility index (Phi) is 4.79. The van der Waals surface area contributed by atoms with Crippen LogP contribution in [0.1, 0.15) is 25.5 Å². The van der Waals surface area contributed by atoms with E-state index in [0.717, 1.165) is 0 Å². The number of carboxylic acid groups (broad SMARTS) is 1. The molecule has 0 amide bonds. The van der Waals surface area contributed by atoms with Gasteiger partial charge in [0.1, 0.15) is 6.04 Å². The lowest BCUT2D eigenvalue weighted by Gasteiger charge is -2.26. The van der Waals surface area contributed by atoms with Crippen molar-refractivity contribution < 1.29 is 14.8 Å². The van der Waals surface area contributed by atoms with Gasteiger partial charge in [-0.3, -0.25) is 19.8 Å². The highest BCUT2D eigenvalue weighted by Gasteiger charge is 2.25. The Morgan fingerprint density at radius 1 is 1.33 bits per heavy atom. The number of carboxylic acids is 1. The van der Waals surface area contributed by atoms with Crippen molar-refractivity contribution in [1.29, 1.82) is 0 Å². The summed E-state index contributed by atoms with van der Waals surface area (Å²) in [7, 11) is 0. The molecule has 6 nitrogen and oxygen atoms in total. The van der Waals surface area contributed by atoms with E-state index in [9.17, 15) is 20.0 Å². The normalized spacial score (nSPS) is 12.4. The van der Waals surface area contributed by atoms with Gasteiger partial charge in [-0.1, -0.05) is 26.0 Å². The molecular formula is C12H16N2O4. The Balaban J connectivity index is 3.06. The predicted molar refractivity (Wildman–Crippen MR) is 66.4 cm³/mol. The number of rotatable bonds is 6. The van der Waals surface area contributed by atoms with E-state index in [0.29, 0.717) is 18.7 Å². The first-order valence-electron chi connectivity index (χ1n) is 5.72. The summed E-state index contributed by atoms with van der Waals surface area (Å²) in [6.07, 6.45) is 0. The third-order valence-electron chi connectivity index (χ3n) is 2.83. The molecule has 0 spiro atoms. The minimum Gasteiger partial charge on any atom is -0.480 e. The van der Waals surface area contributed by atoms with Crippen molar-refractivity contribution in [2.45, 2.75) is 19.9 Å². The maximum absolute atomic E-state index is 11.3. The number of hydrogen-bond acceptors (Lipinski definition) is 4. The van der Waals surface area contributed by atoms with Crippen LogP contribution in [0.15, 0.2) is 24.3 Å². The fraction of sp³-hybridized carbons (Fsp3) is 0.417. The van der Waals surface area contributed by atoms with Gasteiger partial charge in [-0.05, 0) is 18.7 Å². The molecule has 1 aromatic rings. The standard InChI is InChI=1S/C12H16N2O4/c1-3-13(4-2)11(12(15)16)9-5-7-10(8-6-9)14(17)18/h5-8,11H,3-4H2,1-2H3,(H,15,16). The summed E-state index contributed by atoms with van der Waals surface area (Å²) in [5, 5.41) is 19.8. The molecule has 0 radical (unpaired) electrons. The van der Waals surface area contributed by atoms with Gasteiger partial charge in [0.05, 0.1) is 4.92 Å². The van der Waals surface area contributed by atoms with Crippen LogP contribution in [0.4, 0.5) is 5.69 Å². The van der Waals surface area contributed by atoms with Crippen LogP contribution in [-0.4, -0.2) is 34.0 Å². The molecule has 0 saturated carbocycles. The first kappa shape index (κ1) is 14.1. The quantitative estimate of drug-likeness (QED) is 0.618. The van der Waals surface area contributed by atoms with E-state index in [4.69, 9.17) is 0 Å². The van der Waals surface area contributed by atoms with Crippen molar-refractivity contribution in [3.63, 3.8) is 0 Å². The first-order valence-corrected chi connectivity index (χ1v) is 5.72. The maximum atomic E-state index is 11.3. The summed E-state index contributed by atoms with van der Waals surface area (Å²) in [6.45, 7) is 4.96. The fourth-order valence-corrected chi connectivity index (χ4v) is 1.88. The third kappa shape index (κ3) is 3.04. The van der Waals surface area contributed by atoms with E-state index in [1.165, 1.54) is 24.3 Å². The summed E-state index contributed by atoms with van der Waals surface area (Å²) in [5.74, 6) is -0.951. The Labute approximate surface area is 105 Å². The first-order chi connectivity index (χ1) is 8.51. The Bertz CT molecular complexity index is 426. The number of nitro groups is 1. The molecule has 0 fully saturated rings. The highest BCUT2D eigenvalue weighted by molar-refractivity contribution is 5.75. The number of carbonyl (C=O) groups is 1. The van der Waals surface area contributed by atoms with E-state index in [1.807, 2.05) is 13.8 Å². The van der Waals surface area contributed by atoms with Crippen LogP contribution >= 0.6 is 0 Å². The van der Waals surface area contributed by atoms with Crippen LogP contribution in [0.2, 0.25) is 0 Å². The molecule has 0 aliphatic carbocycles. The van der Waals surface area contributed by atoms with E-state index < -0.39 is 16.9 Å². The molecule has 1 unspecified atom stereocenters. The summed E-state index contributed by atoms with van der Waals surface area (Å²) in [4.78, 5) is 23.1. The second kappa shape index (κ2) is 6.11. The molecule has 1 rings (SSSR count). The van der Waals surface area contributed by atoms with E-state index in [1.54, 1.807) is 4.90 Å². The highest BCUT2D eigenvalue weighted by Crippen LogP contribution is 2.23. The van der Waals surface area contributed by atoms with Crippen LogP contribution in [-0.2, 0) is 4.79 Å². The maximum Gasteiger partial charge on any atom is 0.325 e. The lowest BCUT2D eigenvalue weighted by Crippen LogP contribution is -2.33. The zero-order valence-electron chi connectivity index (χ0n) is 10.4. The van der Waals surface area contributed by atoms with E-state index in [2.05, 4.69) is 0 Å². The lowest BCUT2D eigenvalue weighted by atomic mass is 10.0.